The summed E-state index contributed by atoms with van der Waals surface area (Å²) in [4.78, 5) is 17.6. The van der Waals surface area contributed by atoms with Crippen LogP contribution in [-0.4, -0.2) is 29.5 Å². The second-order valence-electron chi connectivity index (χ2n) is 5.01. The topological polar surface area (TPSA) is 78.2 Å². The number of carbonyl (C=O) groups is 1. The molecule has 0 aliphatic rings. The summed E-state index contributed by atoms with van der Waals surface area (Å²) < 4.78 is 5.63. The molecule has 0 saturated heterocycles. The van der Waals surface area contributed by atoms with E-state index in [-0.39, 0.29) is 12.5 Å². The molecule has 6 nitrogen and oxygen atoms in total. The molecule has 0 saturated carbocycles. The van der Waals surface area contributed by atoms with E-state index >= 15 is 0 Å². The molecule has 0 spiro atoms. The number of nitrogens with one attached hydrogen (secondary N) is 1. The van der Waals surface area contributed by atoms with Gasteiger partial charge in [-0.25, -0.2) is 4.79 Å². The molecule has 24 heavy (non-hydrogen) atoms. The van der Waals surface area contributed by atoms with Gasteiger partial charge in [0.2, 0.25) is 0 Å². The van der Waals surface area contributed by atoms with Gasteiger partial charge in [-0.3, -0.25) is 4.98 Å². The molecule has 2 amide bonds. The molecule has 0 radical (unpaired) electrons. The zero-order valence-corrected chi connectivity index (χ0v) is 14.0. The average Bonchev–Trinajstić information content (AvgIpc) is 2.59. The van der Waals surface area contributed by atoms with Crippen LogP contribution in [0.4, 0.5) is 10.5 Å². The third kappa shape index (κ3) is 5.14. The van der Waals surface area contributed by atoms with E-state index in [4.69, 9.17) is 21.6 Å². The first-order chi connectivity index (χ1) is 11.6. The smallest absolute Gasteiger partial charge is 0.321 e. The number of aromatic nitrogens is 1. The number of anilines is 1. The van der Waals surface area contributed by atoms with Gasteiger partial charge in [-0.05, 0) is 30.3 Å². The fourth-order valence-electron chi connectivity index (χ4n) is 1.87. The zero-order valence-electron chi connectivity index (χ0n) is 13.2. The number of benzene rings is 1. The molecule has 0 unspecified atom stereocenters. The lowest BCUT2D eigenvalue weighted by atomic mass is 10.3. The van der Waals surface area contributed by atoms with Crippen molar-refractivity contribution in [3.8, 4) is 11.8 Å². The fourth-order valence-corrected chi connectivity index (χ4v) is 2.10. The van der Waals surface area contributed by atoms with E-state index in [1.165, 1.54) is 4.90 Å². The Kier molecular flexibility index (Phi) is 6.41. The van der Waals surface area contributed by atoms with E-state index in [0.29, 0.717) is 29.6 Å². The number of nitrogens with zero attached hydrogens (tertiary/aromatic N) is 3. The summed E-state index contributed by atoms with van der Waals surface area (Å²) in [6.45, 7) is 0.671. The highest BCUT2D eigenvalue weighted by molar-refractivity contribution is 6.32. The minimum Gasteiger partial charge on any atom is -0.486 e. The van der Waals surface area contributed by atoms with Crippen LogP contribution in [0.5, 0.6) is 5.75 Å². The predicted molar refractivity (Wildman–Crippen MR) is 91.9 cm³/mol. The monoisotopic (exact) mass is 344 g/mol. The third-order valence-corrected chi connectivity index (χ3v) is 3.49. The van der Waals surface area contributed by atoms with E-state index < -0.39 is 0 Å². The maximum Gasteiger partial charge on any atom is 0.321 e. The van der Waals surface area contributed by atoms with Gasteiger partial charge in [-0.1, -0.05) is 17.7 Å². The van der Waals surface area contributed by atoms with Crippen molar-refractivity contribution in [1.82, 2.24) is 9.88 Å². The van der Waals surface area contributed by atoms with Crippen LogP contribution < -0.4 is 10.1 Å². The number of urea groups is 1. The Balaban J connectivity index is 1.94. The van der Waals surface area contributed by atoms with Gasteiger partial charge >= 0.3 is 6.03 Å². The largest absolute Gasteiger partial charge is 0.486 e. The molecule has 0 atom stereocenters. The number of amides is 2. The Bertz CT molecular complexity index is 731. The van der Waals surface area contributed by atoms with Crippen LogP contribution in [0.15, 0.2) is 42.6 Å². The molecule has 1 aromatic heterocycles. The van der Waals surface area contributed by atoms with Crippen LogP contribution in [0, 0.1) is 11.3 Å². The molecular formula is C17H17ClN4O2. The highest BCUT2D eigenvalue weighted by Gasteiger charge is 2.10. The molecule has 0 aliphatic carbocycles. The fraction of sp³-hybridized carbons (Fsp3) is 0.235. The Labute approximate surface area is 145 Å². The Morgan fingerprint density at radius 3 is 2.92 bits per heavy atom. The first kappa shape index (κ1) is 17.6. The van der Waals surface area contributed by atoms with E-state index in [1.54, 1.807) is 31.4 Å². The number of hydrogen-bond donors (Lipinski definition) is 1. The summed E-state index contributed by atoms with van der Waals surface area (Å²) in [5.41, 5.74) is 1.35. The number of ether oxygens (including phenoxy) is 1. The van der Waals surface area contributed by atoms with Crippen molar-refractivity contribution in [2.24, 2.45) is 0 Å². The third-order valence-electron chi connectivity index (χ3n) is 3.19. The van der Waals surface area contributed by atoms with E-state index in [9.17, 15) is 4.79 Å². The van der Waals surface area contributed by atoms with Gasteiger partial charge in [0.1, 0.15) is 12.4 Å². The van der Waals surface area contributed by atoms with Crippen molar-refractivity contribution in [1.29, 1.82) is 5.26 Å². The van der Waals surface area contributed by atoms with Crippen molar-refractivity contribution in [3.05, 3.63) is 53.3 Å². The molecule has 1 N–H and O–H groups in total. The van der Waals surface area contributed by atoms with Gasteiger partial charge in [0.25, 0.3) is 0 Å². The number of hydrogen-bond acceptors (Lipinski definition) is 4. The molecule has 0 fully saturated rings. The van der Waals surface area contributed by atoms with Gasteiger partial charge < -0.3 is 15.0 Å². The first-order valence-corrected chi connectivity index (χ1v) is 7.69. The standard InChI is InChI=1S/C17H17ClN4O2/c1-22(10-4-8-19)17(23)21-13-6-7-16(15(18)11-13)24-12-14-5-2-3-9-20-14/h2-3,5-7,9,11H,4,10,12H2,1H3,(H,21,23). The van der Waals surface area contributed by atoms with Gasteiger partial charge in [0.15, 0.2) is 0 Å². The number of rotatable bonds is 6. The summed E-state index contributed by atoms with van der Waals surface area (Å²) in [5, 5.41) is 11.7. The van der Waals surface area contributed by atoms with Gasteiger partial charge in [-0.15, -0.1) is 0 Å². The number of carbonyl (C=O) groups excluding carboxylic acids is 1. The number of halogens is 1. The summed E-state index contributed by atoms with van der Waals surface area (Å²) in [7, 11) is 1.62. The lowest BCUT2D eigenvalue weighted by Crippen LogP contribution is -2.31. The molecule has 0 aliphatic heterocycles. The maximum absolute atomic E-state index is 11.9. The molecule has 7 heteroatoms. The minimum absolute atomic E-state index is 0.283. The average molecular weight is 345 g/mol. The van der Waals surface area contributed by atoms with Crippen LogP contribution in [0.2, 0.25) is 5.02 Å². The van der Waals surface area contributed by atoms with Crippen LogP contribution in [0.3, 0.4) is 0 Å². The molecule has 0 bridgehead atoms. The first-order valence-electron chi connectivity index (χ1n) is 7.31. The SMILES string of the molecule is CN(CCC#N)C(=O)Nc1ccc(OCc2ccccn2)c(Cl)c1. The van der Waals surface area contributed by atoms with Crippen molar-refractivity contribution in [2.75, 3.05) is 18.9 Å². The second kappa shape index (κ2) is 8.75. The van der Waals surface area contributed by atoms with Crippen LogP contribution in [0.1, 0.15) is 12.1 Å². The lowest BCUT2D eigenvalue weighted by Gasteiger charge is -2.17. The van der Waals surface area contributed by atoms with Crippen LogP contribution in [0.25, 0.3) is 0 Å². The van der Waals surface area contributed by atoms with E-state index in [0.717, 1.165) is 5.69 Å². The van der Waals surface area contributed by atoms with Crippen molar-refractivity contribution < 1.29 is 9.53 Å². The Morgan fingerprint density at radius 2 is 2.25 bits per heavy atom. The molecular weight excluding hydrogens is 328 g/mol. The molecule has 124 valence electrons. The summed E-state index contributed by atoms with van der Waals surface area (Å²) >= 11 is 6.19. The molecule has 1 aromatic carbocycles. The lowest BCUT2D eigenvalue weighted by molar-refractivity contribution is 0.223. The minimum atomic E-state index is -0.302. The zero-order chi connectivity index (χ0) is 17.4. The van der Waals surface area contributed by atoms with Crippen LogP contribution >= 0.6 is 11.6 Å². The Morgan fingerprint density at radius 1 is 1.42 bits per heavy atom. The maximum atomic E-state index is 11.9. The van der Waals surface area contributed by atoms with Gasteiger partial charge in [-0.2, -0.15) is 5.26 Å². The van der Waals surface area contributed by atoms with Gasteiger partial charge in [0.05, 0.1) is 23.2 Å². The van der Waals surface area contributed by atoms with Crippen molar-refractivity contribution in [3.63, 3.8) is 0 Å². The highest BCUT2D eigenvalue weighted by atomic mass is 35.5. The van der Waals surface area contributed by atoms with Gasteiger partial charge in [0, 0.05) is 25.5 Å². The predicted octanol–water partition coefficient (Wildman–Crippen LogP) is 3.69. The number of nitriles is 1. The highest BCUT2D eigenvalue weighted by Crippen LogP contribution is 2.28. The van der Waals surface area contributed by atoms with Crippen molar-refractivity contribution >= 4 is 23.3 Å². The quantitative estimate of drug-likeness (QED) is 0.866. The second-order valence-corrected chi connectivity index (χ2v) is 5.42. The molecule has 1 heterocycles. The molecule has 2 rings (SSSR count). The summed E-state index contributed by atoms with van der Waals surface area (Å²) in [6, 6.07) is 12.3. The summed E-state index contributed by atoms with van der Waals surface area (Å²) in [6.07, 6.45) is 1.98. The Hall–Kier alpha value is -2.78. The van der Waals surface area contributed by atoms with Crippen molar-refractivity contribution in [2.45, 2.75) is 13.0 Å². The van der Waals surface area contributed by atoms with E-state index in [2.05, 4.69) is 10.3 Å². The van der Waals surface area contributed by atoms with E-state index in [1.807, 2.05) is 24.3 Å². The number of pyridine rings is 1. The molecule has 2 aromatic rings. The van der Waals surface area contributed by atoms with Crippen LogP contribution in [-0.2, 0) is 6.61 Å². The summed E-state index contributed by atoms with van der Waals surface area (Å²) in [5.74, 6) is 0.512. The normalized spacial score (nSPS) is 9.88.